The SMILES string of the molecule is CCc1oc2ccc[c-]c2c1-c1cn(C)c([C@@H]([N-]c2c(C(C)C)cccc2C(C)C)c2c(C)cc(C)cc2C)n1.[CH3-].[CH3-].[Hf+4]. The van der Waals surface area contributed by atoms with E-state index in [0.29, 0.717) is 11.8 Å². The van der Waals surface area contributed by atoms with E-state index in [1.165, 1.54) is 33.4 Å². The number of furan rings is 1. The molecule has 0 saturated heterocycles. The fraction of sp³-hybridized carbons (Fsp3) is 0.342. The predicted molar refractivity (Wildman–Crippen MR) is 180 cm³/mol. The molecular weight excluding hydrogens is 693 g/mol. The van der Waals surface area contributed by atoms with Crippen molar-refractivity contribution in [2.24, 2.45) is 7.05 Å². The van der Waals surface area contributed by atoms with E-state index in [2.05, 4.69) is 110 Å². The summed E-state index contributed by atoms with van der Waals surface area (Å²) in [6.45, 7) is 17.7. The van der Waals surface area contributed by atoms with Crippen molar-refractivity contribution in [3.8, 4) is 11.3 Å². The van der Waals surface area contributed by atoms with Crippen molar-refractivity contribution < 1.29 is 30.3 Å². The molecule has 2 aromatic heterocycles. The van der Waals surface area contributed by atoms with Gasteiger partial charge in [0.2, 0.25) is 0 Å². The van der Waals surface area contributed by atoms with Crippen molar-refractivity contribution in [3.63, 3.8) is 0 Å². The molecule has 0 amide bonds. The topological polar surface area (TPSA) is 45.1 Å². The first-order valence-electron chi connectivity index (χ1n) is 14.5. The van der Waals surface area contributed by atoms with Crippen LogP contribution in [0.15, 0.2) is 59.1 Å². The van der Waals surface area contributed by atoms with Crippen molar-refractivity contribution in [1.82, 2.24) is 9.55 Å². The maximum Gasteiger partial charge on any atom is 4.00 e. The maximum absolute atomic E-state index is 6.22. The molecule has 5 aromatic rings. The Hall–Kier alpha value is -2.92. The molecule has 0 aliphatic heterocycles. The van der Waals surface area contributed by atoms with E-state index < -0.39 is 0 Å². The van der Waals surface area contributed by atoms with E-state index >= 15 is 0 Å². The molecule has 0 spiro atoms. The second-order valence-electron chi connectivity index (χ2n) is 11.7. The fourth-order valence-corrected chi connectivity index (χ4v) is 6.06. The maximum atomic E-state index is 6.22. The summed E-state index contributed by atoms with van der Waals surface area (Å²) in [5, 5.41) is 6.62. The zero-order valence-corrected chi connectivity index (χ0v) is 31.5. The average molecular weight is 740 g/mol. The minimum absolute atomic E-state index is 0. The van der Waals surface area contributed by atoms with Gasteiger partial charge in [-0.3, -0.25) is 0 Å². The van der Waals surface area contributed by atoms with Gasteiger partial charge in [-0.2, -0.15) is 0 Å². The third kappa shape index (κ3) is 6.93. The van der Waals surface area contributed by atoms with Crippen LogP contribution >= 0.6 is 0 Å². The molecule has 0 saturated carbocycles. The number of hydrogen-bond acceptors (Lipinski definition) is 2. The van der Waals surface area contributed by atoms with E-state index in [4.69, 9.17) is 14.7 Å². The molecule has 0 bridgehead atoms. The number of hydrogen-bond donors (Lipinski definition) is 0. The fourth-order valence-electron chi connectivity index (χ4n) is 6.06. The van der Waals surface area contributed by atoms with E-state index in [0.717, 1.165) is 45.9 Å². The number of benzene rings is 3. The quantitative estimate of drug-likeness (QED) is 0.117. The molecule has 3 aromatic carbocycles. The van der Waals surface area contributed by atoms with Gasteiger partial charge in [0.15, 0.2) is 0 Å². The number of para-hydroxylation sites is 1. The summed E-state index contributed by atoms with van der Waals surface area (Å²) in [6.07, 6.45) is 2.91. The molecule has 2 heterocycles. The van der Waals surface area contributed by atoms with E-state index in [1.54, 1.807) is 0 Å². The first kappa shape index (κ1) is 36.3. The molecule has 0 unspecified atom stereocenters. The molecule has 0 N–H and O–H groups in total. The Kier molecular flexibility index (Phi) is 12.4. The van der Waals surface area contributed by atoms with Crippen LogP contribution in [0.25, 0.3) is 27.5 Å². The van der Waals surface area contributed by atoms with Gasteiger partial charge in [-0.05, 0) is 67.3 Å². The third-order valence-corrected chi connectivity index (χ3v) is 7.93. The first-order chi connectivity index (χ1) is 19.1. The van der Waals surface area contributed by atoms with Gasteiger partial charge >= 0.3 is 25.8 Å². The molecule has 5 rings (SSSR count). The Bertz CT molecular complexity index is 1630. The van der Waals surface area contributed by atoms with Gasteiger partial charge in [-0.25, -0.2) is 4.98 Å². The summed E-state index contributed by atoms with van der Waals surface area (Å²) in [5.74, 6) is 2.57. The van der Waals surface area contributed by atoms with Crippen LogP contribution < -0.4 is 0 Å². The van der Waals surface area contributed by atoms with Gasteiger partial charge in [-0.15, -0.1) is 30.0 Å². The van der Waals surface area contributed by atoms with Gasteiger partial charge in [0, 0.05) is 18.8 Å². The number of fused-ring (bicyclic) bond motifs is 1. The third-order valence-electron chi connectivity index (χ3n) is 7.93. The van der Waals surface area contributed by atoms with Crippen LogP contribution in [0, 0.1) is 41.7 Å². The average Bonchev–Trinajstić information content (AvgIpc) is 3.47. The monoisotopic (exact) mass is 741 g/mol. The zero-order valence-electron chi connectivity index (χ0n) is 27.9. The number of imidazole rings is 1. The van der Waals surface area contributed by atoms with Gasteiger partial charge in [-0.1, -0.05) is 87.0 Å². The number of nitrogens with zero attached hydrogens (tertiary/aromatic N) is 3. The molecule has 0 aliphatic carbocycles. The van der Waals surface area contributed by atoms with Crippen molar-refractivity contribution in [1.29, 1.82) is 0 Å². The van der Waals surface area contributed by atoms with Crippen LogP contribution in [0.3, 0.4) is 0 Å². The van der Waals surface area contributed by atoms with E-state index in [-0.39, 0.29) is 46.7 Å². The second-order valence-corrected chi connectivity index (χ2v) is 11.7. The standard InChI is InChI=1S/C36H41N3O.2CH3.Hf/c1-10-30-33(28-14-11-12-17-31(28)40-30)29-20-39(9)36(37-29)35(32-24(7)18-23(6)19-25(32)8)38-34-26(21(2)3)15-13-16-27(34)22(4)5;;;/h11-13,15-22,35H,10H2,1-9H3;2*1H3;/q-2;2*-1;+4/t35-;;;/m0.../s1. The molecule has 0 radical (unpaired) electrons. The summed E-state index contributed by atoms with van der Waals surface area (Å²) in [5.41, 5.74) is 11.4. The Morgan fingerprint density at radius 2 is 1.53 bits per heavy atom. The molecule has 4 nitrogen and oxygen atoms in total. The summed E-state index contributed by atoms with van der Waals surface area (Å²) >= 11 is 0. The van der Waals surface area contributed by atoms with Crippen LogP contribution in [-0.4, -0.2) is 9.55 Å². The van der Waals surface area contributed by atoms with Crippen molar-refractivity contribution >= 4 is 16.7 Å². The van der Waals surface area contributed by atoms with Gasteiger partial charge in [0.25, 0.3) is 0 Å². The summed E-state index contributed by atoms with van der Waals surface area (Å²) < 4.78 is 8.37. The van der Waals surface area contributed by atoms with E-state index in [1.807, 2.05) is 18.2 Å². The van der Waals surface area contributed by atoms with Gasteiger partial charge in [0.05, 0.1) is 17.3 Å². The largest absolute Gasteiger partial charge is 4.00 e. The van der Waals surface area contributed by atoms with Crippen LogP contribution in [-0.2, 0) is 39.3 Å². The summed E-state index contributed by atoms with van der Waals surface area (Å²) in [4.78, 5) is 5.33. The molecule has 1 atom stereocenters. The van der Waals surface area contributed by atoms with Crippen molar-refractivity contribution in [3.05, 3.63) is 126 Å². The minimum atomic E-state index is -0.260. The zero-order chi connectivity index (χ0) is 28.7. The first-order valence-corrected chi connectivity index (χ1v) is 14.5. The minimum Gasteiger partial charge on any atom is -0.671 e. The second kappa shape index (κ2) is 14.7. The van der Waals surface area contributed by atoms with Crippen LogP contribution in [0.4, 0.5) is 5.69 Å². The van der Waals surface area contributed by atoms with Crippen LogP contribution in [0.1, 0.15) is 97.5 Å². The number of rotatable bonds is 8. The van der Waals surface area contributed by atoms with Crippen molar-refractivity contribution in [2.45, 2.75) is 79.7 Å². The Labute approximate surface area is 279 Å². The normalized spacial score (nSPS) is 11.7. The molecule has 0 fully saturated rings. The molecule has 0 aliphatic rings. The van der Waals surface area contributed by atoms with Crippen molar-refractivity contribution in [2.75, 3.05) is 0 Å². The predicted octanol–water partition coefficient (Wildman–Crippen LogP) is 11.1. The van der Waals surface area contributed by atoms with Gasteiger partial charge < -0.3 is 29.2 Å². The van der Waals surface area contributed by atoms with Gasteiger partial charge in [0.1, 0.15) is 0 Å². The molecule has 43 heavy (non-hydrogen) atoms. The Balaban J connectivity index is 0.00000215. The molecular formula is C38H47HfN3O. The Morgan fingerprint density at radius 1 is 0.930 bits per heavy atom. The van der Waals surface area contributed by atoms with Crippen LogP contribution in [0.2, 0.25) is 0 Å². The summed E-state index contributed by atoms with van der Waals surface area (Å²) in [7, 11) is 2.09. The smallest absolute Gasteiger partial charge is 0.671 e. The van der Waals surface area contributed by atoms with Crippen LogP contribution in [0.5, 0.6) is 0 Å². The molecule has 224 valence electrons. The number of aromatic nitrogens is 2. The Morgan fingerprint density at radius 3 is 2.09 bits per heavy atom. The molecule has 5 heteroatoms. The van der Waals surface area contributed by atoms with E-state index in [9.17, 15) is 0 Å². The summed E-state index contributed by atoms with van der Waals surface area (Å²) in [6, 6.07) is 20.2. The number of aryl methyl sites for hydroxylation is 5.